The number of carbonyl (C=O) groups is 1. The molecule has 12 heavy (non-hydrogen) atoms. The first-order chi connectivity index (χ1) is 5.65. The number of rotatable bonds is 5. The molecule has 0 fully saturated rings. The predicted octanol–water partition coefficient (Wildman–Crippen LogP) is 3.01. The Morgan fingerprint density at radius 3 is 1.67 bits per heavy atom. The van der Waals surface area contributed by atoms with E-state index in [1.165, 1.54) is 12.8 Å². The lowest BCUT2D eigenvalue weighted by atomic mass is 10.2. The second-order valence-electron chi connectivity index (χ2n) is 2.38. The van der Waals surface area contributed by atoms with Crippen molar-refractivity contribution in [1.29, 1.82) is 0 Å². The number of carboxylic acid groups (broad SMARTS) is 1. The van der Waals surface area contributed by atoms with Gasteiger partial charge >= 0.3 is 0 Å². The molecule has 1 N–H and O–H groups in total. The molecule has 0 saturated heterocycles. The van der Waals surface area contributed by atoms with Crippen molar-refractivity contribution in [3.8, 4) is 0 Å². The van der Waals surface area contributed by atoms with Crippen molar-refractivity contribution in [3.63, 3.8) is 0 Å². The molecule has 0 spiro atoms. The van der Waals surface area contributed by atoms with Crippen molar-refractivity contribution < 1.29 is 9.90 Å². The molecule has 2 nitrogen and oxygen atoms in total. The molecule has 0 aliphatic carbocycles. The fraction of sp³-hybridized carbons (Fsp3) is 0.500. The van der Waals surface area contributed by atoms with Gasteiger partial charge in [0.1, 0.15) is 0 Å². The van der Waals surface area contributed by atoms with Gasteiger partial charge in [0.05, 0.1) is 0 Å². The highest BCUT2D eigenvalue weighted by atomic mass is 16.4. The zero-order valence-electron chi connectivity index (χ0n) is 7.75. The van der Waals surface area contributed by atoms with Crippen LogP contribution in [0.2, 0.25) is 0 Å². The zero-order chi connectivity index (χ0) is 9.82. The normalized spacial score (nSPS) is 7.75. The van der Waals surface area contributed by atoms with Crippen LogP contribution in [0.1, 0.15) is 32.6 Å². The average molecular weight is 170 g/mol. The molecular weight excluding hydrogens is 152 g/mol. The Bertz CT molecular complexity index is 114. The molecule has 0 aromatic heterocycles. The van der Waals surface area contributed by atoms with Crippen LogP contribution in [0.15, 0.2) is 25.3 Å². The van der Waals surface area contributed by atoms with Crippen LogP contribution in [0, 0.1) is 0 Å². The van der Waals surface area contributed by atoms with Gasteiger partial charge in [0, 0.05) is 6.92 Å². The molecule has 0 aliphatic heterocycles. The lowest BCUT2D eigenvalue weighted by molar-refractivity contribution is -0.134. The van der Waals surface area contributed by atoms with Gasteiger partial charge in [0.25, 0.3) is 5.97 Å². The van der Waals surface area contributed by atoms with Crippen molar-refractivity contribution >= 4 is 5.97 Å². The van der Waals surface area contributed by atoms with Gasteiger partial charge in [-0.15, -0.1) is 13.2 Å². The van der Waals surface area contributed by atoms with Crippen LogP contribution in [-0.4, -0.2) is 11.1 Å². The van der Waals surface area contributed by atoms with E-state index in [0.717, 1.165) is 19.8 Å². The van der Waals surface area contributed by atoms with Gasteiger partial charge < -0.3 is 5.11 Å². The van der Waals surface area contributed by atoms with Crippen LogP contribution >= 0.6 is 0 Å². The molecule has 0 aromatic carbocycles. The van der Waals surface area contributed by atoms with Crippen LogP contribution in [0.4, 0.5) is 0 Å². The topological polar surface area (TPSA) is 37.3 Å². The molecule has 0 rings (SSSR count). The summed E-state index contributed by atoms with van der Waals surface area (Å²) in [6.45, 7) is 8.35. The summed E-state index contributed by atoms with van der Waals surface area (Å²) in [6.07, 6.45) is 8.74. The van der Waals surface area contributed by atoms with Gasteiger partial charge in [-0.2, -0.15) is 0 Å². The fourth-order valence-corrected chi connectivity index (χ4v) is 0.577. The van der Waals surface area contributed by atoms with E-state index in [1.807, 2.05) is 12.2 Å². The third kappa shape index (κ3) is 36.3. The Labute approximate surface area is 74.6 Å². The standard InChI is InChI=1S/C8H14.C2H4O2/c1-3-5-7-8-6-4-2;1-2(3)4/h3-4H,1-2,5-8H2;1H3,(H,3,4). The van der Waals surface area contributed by atoms with Crippen molar-refractivity contribution in [2.45, 2.75) is 32.6 Å². The first-order valence-corrected chi connectivity index (χ1v) is 4.06. The number of carboxylic acids is 1. The van der Waals surface area contributed by atoms with Crippen molar-refractivity contribution in [3.05, 3.63) is 25.3 Å². The number of hydrogen-bond donors (Lipinski definition) is 1. The van der Waals surface area contributed by atoms with Gasteiger partial charge in [-0.3, -0.25) is 4.79 Å². The van der Waals surface area contributed by atoms with Gasteiger partial charge in [-0.05, 0) is 25.7 Å². The van der Waals surface area contributed by atoms with Gasteiger partial charge in [0.15, 0.2) is 0 Å². The molecule has 0 unspecified atom stereocenters. The minimum absolute atomic E-state index is 0.833. The molecule has 0 amide bonds. The summed E-state index contributed by atoms with van der Waals surface area (Å²) in [5, 5.41) is 7.42. The number of aliphatic carboxylic acids is 1. The molecule has 2 heteroatoms. The Hall–Kier alpha value is -1.05. The third-order valence-electron chi connectivity index (χ3n) is 1.07. The van der Waals surface area contributed by atoms with Gasteiger partial charge in [-0.25, -0.2) is 0 Å². The van der Waals surface area contributed by atoms with Crippen LogP contribution in [0.25, 0.3) is 0 Å². The molecule has 0 heterocycles. The van der Waals surface area contributed by atoms with E-state index in [4.69, 9.17) is 9.90 Å². The predicted molar refractivity (Wildman–Crippen MR) is 52.2 cm³/mol. The maximum Gasteiger partial charge on any atom is 0.300 e. The molecule has 0 radical (unpaired) electrons. The van der Waals surface area contributed by atoms with Crippen LogP contribution in [0.3, 0.4) is 0 Å². The molecular formula is C10H18O2. The van der Waals surface area contributed by atoms with Crippen LogP contribution in [-0.2, 0) is 4.79 Å². The lowest BCUT2D eigenvalue weighted by Gasteiger charge is -1.89. The number of allylic oxidation sites excluding steroid dienone is 2. The van der Waals surface area contributed by atoms with Crippen LogP contribution in [0.5, 0.6) is 0 Å². The van der Waals surface area contributed by atoms with E-state index in [9.17, 15) is 0 Å². The van der Waals surface area contributed by atoms with Crippen molar-refractivity contribution in [2.75, 3.05) is 0 Å². The SMILES string of the molecule is C=CCCCCC=C.CC(=O)O. The third-order valence-corrected chi connectivity index (χ3v) is 1.07. The number of unbranched alkanes of at least 4 members (excludes halogenated alkanes) is 3. The fourth-order valence-electron chi connectivity index (χ4n) is 0.577. The molecule has 0 aromatic rings. The van der Waals surface area contributed by atoms with E-state index in [1.54, 1.807) is 0 Å². The van der Waals surface area contributed by atoms with E-state index >= 15 is 0 Å². The highest BCUT2D eigenvalue weighted by molar-refractivity contribution is 5.62. The summed E-state index contributed by atoms with van der Waals surface area (Å²) in [5.41, 5.74) is 0. The van der Waals surface area contributed by atoms with E-state index < -0.39 is 5.97 Å². The maximum absolute atomic E-state index is 9.00. The second kappa shape index (κ2) is 12.6. The Morgan fingerprint density at radius 1 is 1.25 bits per heavy atom. The molecule has 0 saturated carbocycles. The first kappa shape index (κ1) is 13.5. The molecule has 0 aliphatic rings. The van der Waals surface area contributed by atoms with Gasteiger partial charge in [0.2, 0.25) is 0 Å². The molecule has 0 atom stereocenters. The highest BCUT2D eigenvalue weighted by Crippen LogP contribution is 1.99. The zero-order valence-corrected chi connectivity index (χ0v) is 7.75. The van der Waals surface area contributed by atoms with Gasteiger partial charge in [-0.1, -0.05) is 12.2 Å². The Balaban J connectivity index is 0. The summed E-state index contributed by atoms with van der Waals surface area (Å²) >= 11 is 0. The summed E-state index contributed by atoms with van der Waals surface area (Å²) in [6, 6.07) is 0. The summed E-state index contributed by atoms with van der Waals surface area (Å²) in [4.78, 5) is 9.00. The molecule has 0 bridgehead atoms. The summed E-state index contributed by atoms with van der Waals surface area (Å²) in [7, 11) is 0. The molecule has 70 valence electrons. The second-order valence-corrected chi connectivity index (χ2v) is 2.38. The first-order valence-electron chi connectivity index (χ1n) is 4.06. The van der Waals surface area contributed by atoms with Crippen LogP contribution < -0.4 is 0 Å². The largest absolute Gasteiger partial charge is 0.481 e. The van der Waals surface area contributed by atoms with E-state index in [0.29, 0.717) is 0 Å². The van der Waals surface area contributed by atoms with Crippen molar-refractivity contribution in [1.82, 2.24) is 0 Å². The number of hydrogen-bond acceptors (Lipinski definition) is 1. The Kier molecular flexibility index (Phi) is 14.2. The minimum atomic E-state index is -0.833. The summed E-state index contributed by atoms with van der Waals surface area (Å²) < 4.78 is 0. The maximum atomic E-state index is 9.00. The monoisotopic (exact) mass is 170 g/mol. The highest BCUT2D eigenvalue weighted by Gasteiger charge is 1.79. The minimum Gasteiger partial charge on any atom is -0.481 e. The lowest BCUT2D eigenvalue weighted by Crippen LogP contribution is -1.78. The Morgan fingerprint density at radius 2 is 1.50 bits per heavy atom. The van der Waals surface area contributed by atoms with E-state index in [-0.39, 0.29) is 0 Å². The smallest absolute Gasteiger partial charge is 0.300 e. The average Bonchev–Trinajstić information content (AvgIpc) is 1.97. The summed E-state index contributed by atoms with van der Waals surface area (Å²) in [5.74, 6) is -0.833. The van der Waals surface area contributed by atoms with E-state index in [2.05, 4.69) is 13.2 Å². The van der Waals surface area contributed by atoms with Crippen molar-refractivity contribution in [2.24, 2.45) is 0 Å². The quantitative estimate of drug-likeness (QED) is 0.508.